The van der Waals surface area contributed by atoms with Gasteiger partial charge in [-0.2, -0.15) is 5.10 Å². The van der Waals surface area contributed by atoms with Crippen LogP contribution in [0.3, 0.4) is 0 Å². The number of anilines is 2. The van der Waals surface area contributed by atoms with Crippen molar-refractivity contribution in [3.05, 3.63) is 46.4 Å². The SMILES string of the molecule is CC1CCCCC1.CSc1ccc(Nc2n[nH]c3cc[nH]c(=O)c23)cc1C(C)(O)CO. The lowest BCUT2D eigenvalue weighted by molar-refractivity contribution is -0.00436. The maximum Gasteiger partial charge on any atom is 0.261 e. The molecule has 168 valence electrons. The van der Waals surface area contributed by atoms with E-state index in [9.17, 15) is 15.0 Å². The van der Waals surface area contributed by atoms with E-state index in [1.54, 1.807) is 25.3 Å². The van der Waals surface area contributed by atoms with Gasteiger partial charge < -0.3 is 20.5 Å². The average molecular weight is 445 g/mol. The van der Waals surface area contributed by atoms with Crippen LogP contribution in [0.5, 0.6) is 0 Å². The lowest BCUT2D eigenvalue weighted by Crippen LogP contribution is -2.26. The second kappa shape index (κ2) is 10.3. The molecule has 2 heterocycles. The van der Waals surface area contributed by atoms with Gasteiger partial charge in [0.1, 0.15) is 11.0 Å². The number of thioether (sulfide) groups is 1. The third-order valence-corrected chi connectivity index (χ3v) is 6.53. The number of benzene rings is 1. The number of nitrogens with one attached hydrogen (secondary N) is 3. The van der Waals surface area contributed by atoms with Crippen molar-refractivity contribution in [1.82, 2.24) is 15.2 Å². The quantitative estimate of drug-likeness (QED) is 0.370. The van der Waals surface area contributed by atoms with Crippen LogP contribution in [0.15, 0.2) is 40.2 Å². The number of hydrogen-bond donors (Lipinski definition) is 5. The van der Waals surface area contributed by atoms with Crippen LogP contribution >= 0.6 is 11.8 Å². The highest BCUT2D eigenvalue weighted by Gasteiger charge is 2.25. The zero-order valence-corrected chi connectivity index (χ0v) is 19.2. The molecule has 1 aliphatic rings. The summed E-state index contributed by atoms with van der Waals surface area (Å²) in [7, 11) is 0. The van der Waals surface area contributed by atoms with Gasteiger partial charge in [-0.3, -0.25) is 9.89 Å². The standard InChI is InChI=1S/C16H18N4O3S.C7H14/c1-16(23,8-21)10-7-9(3-4-12(10)24-2)18-14-13-11(19-20-14)5-6-17-15(13)22;1-7-5-3-2-4-6-7/h3-7,21,23H,8H2,1-2H3,(H,17,22)(H2,18,19,20);7H,2-6H2,1H3. The summed E-state index contributed by atoms with van der Waals surface area (Å²) in [5.74, 6) is 1.44. The molecule has 7 nitrogen and oxygen atoms in total. The molecule has 0 radical (unpaired) electrons. The van der Waals surface area contributed by atoms with Crippen molar-refractivity contribution in [2.45, 2.75) is 56.4 Å². The number of aromatic amines is 2. The first-order valence-electron chi connectivity index (χ1n) is 10.7. The highest BCUT2D eigenvalue weighted by atomic mass is 32.2. The van der Waals surface area contributed by atoms with Crippen LogP contribution in [-0.4, -0.2) is 38.3 Å². The fourth-order valence-corrected chi connectivity index (χ4v) is 4.51. The van der Waals surface area contributed by atoms with Crippen LogP contribution in [0, 0.1) is 5.92 Å². The minimum absolute atomic E-state index is 0.243. The Hall–Kier alpha value is -2.29. The highest BCUT2D eigenvalue weighted by Crippen LogP contribution is 2.33. The first-order valence-corrected chi connectivity index (χ1v) is 11.9. The summed E-state index contributed by atoms with van der Waals surface area (Å²) in [5, 5.41) is 30.3. The third-order valence-electron chi connectivity index (χ3n) is 5.73. The number of nitrogens with zero attached hydrogens (tertiary/aromatic N) is 1. The Morgan fingerprint density at radius 3 is 2.61 bits per heavy atom. The summed E-state index contributed by atoms with van der Waals surface area (Å²) < 4.78 is 0. The molecule has 2 aromatic heterocycles. The number of fused-ring (bicyclic) bond motifs is 1. The summed E-state index contributed by atoms with van der Waals surface area (Å²) in [4.78, 5) is 15.5. The summed E-state index contributed by atoms with van der Waals surface area (Å²) in [5.41, 5.74) is 0.294. The van der Waals surface area contributed by atoms with Crippen molar-refractivity contribution >= 4 is 34.2 Å². The van der Waals surface area contributed by atoms with E-state index in [1.165, 1.54) is 43.9 Å². The second-order valence-corrected chi connectivity index (χ2v) is 9.23. The smallest absolute Gasteiger partial charge is 0.261 e. The molecule has 5 N–H and O–H groups in total. The molecule has 0 spiro atoms. The first kappa shape index (κ1) is 23.4. The van der Waals surface area contributed by atoms with Crippen LogP contribution in [0.1, 0.15) is 51.5 Å². The maximum absolute atomic E-state index is 12.0. The average Bonchev–Trinajstić information content (AvgIpc) is 3.19. The summed E-state index contributed by atoms with van der Waals surface area (Å²) in [6.45, 7) is 3.52. The van der Waals surface area contributed by atoms with Crippen LogP contribution in [-0.2, 0) is 5.60 Å². The molecule has 1 saturated carbocycles. The van der Waals surface area contributed by atoms with Crippen molar-refractivity contribution in [3.8, 4) is 0 Å². The fraction of sp³-hybridized carbons (Fsp3) is 0.478. The van der Waals surface area contributed by atoms with E-state index in [4.69, 9.17) is 0 Å². The molecule has 1 aromatic carbocycles. The maximum atomic E-state index is 12.0. The fourth-order valence-electron chi connectivity index (χ4n) is 3.80. The molecule has 4 rings (SSSR count). The molecule has 1 aliphatic carbocycles. The van der Waals surface area contributed by atoms with Gasteiger partial charge in [0.15, 0.2) is 5.82 Å². The van der Waals surface area contributed by atoms with Gasteiger partial charge in [0, 0.05) is 22.3 Å². The van der Waals surface area contributed by atoms with E-state index in [2.05, 4.69) is 27.4 Å². The minimum atomic E-state index is -1.36. The predicted octanol–water partition coefficient (Wildman–Crippen LogP) is 4.50. The molecule has 0 saturated heterocycles. The topological polar surface area (TPSA) is 114 Å². The van der Waals surface area contributed by atoms with E-state index in [0.29, 0.717) is 28.0 Å². The molecular weight excluding hydrogens is 412 g/mol. The van der Waals surface area contributed by atoms with Gasteiger partial charge in [-0.05, 0) is 43.4 Å². The largest absolute Gasteiger partial charge is 0.393 e. The molecule has 8 heteroatoms. The Bertz CT molecular complexity index is 1050. The molecule has 31 heavy (non-hydrogen) atoms. The molecular formula is C23H32N4O3S. The number of aromatic nitrogens is 3. The lowest BCUT2D eigenvalue weighted by Gasteiger charge is -2.24. The summed E-state index contributed by atoms with van der Waals surface area (Å²) in [6.07, 6.45) is 10.9. The zero-order valence-electron chi connectivity index (χ0n) is 18.4. The van der Waals surface area contributed by atoms with E-state index in [1.807, 2.05) is 18.4 Å². The van der Waals surface area contributed by atoms with Gasteiger partial charge in [-0.15, -0.1) is 11.8 Å². The summed E-state index contributed by atoms with van der Waals surface area (Å²) in [6, 6.07) is 7.17. The Labute approximate surface area is 186 Å². The van der Waals surface area contributed by atoms with Gasteiger partial charge in [0.25, 0.3) is 5.56 Å². The number of aliphatic hydroxyl groups is 2. The van der Waals surface area contributed by atoms with Crippen molar-refractivity contribution < 1.29 is 10.2 Å². The van der Waals surface area contributed by atoms with Crippen LogP contribution in [0.25, 0.3) is 10.9 Å². The Balaban J connectivity index is 0.000000330. The van der Waals surface area contributed by atoms with Gasteiger partial charge >= 0.3 is 0 Å². The number of aliphatic hydroxyl groups excluding tert-OH is 1. The zero-order chi connectivity index (χ0) is 22.4. The van der Waals surface area contributed by atoms with Crippen molar-refractivity contribution in [2.24, 2.45) is 5.92 Å². The van der Waals surface area contributed by atoms with Gasteiger partial charge in [0.05, 0.1) is 12.1 Å². The van der Waals surface area contributed by atoms with Gasteiger partial charge in [-0.25, -0.2) is 0 Å². The van der Waals surface area contributed by atoms with Crippen LogP contribution in [0.4, 0.5) is 11.5 Å². The van der Waals surface area contributed by atoms with Crippen molar-refractivity contribution in [3.63, 3.8) is 0 Å². The molecule has 0 amide bonds. The first-order chi connectivity index (χ1) is 14.9. The number of H-pyrrole nitrogens is 2. The van der Waals surface area contributed by atoms with Crippen LogP contribution in [0.2, 0.25) is 0 Å². The molecule has 3 aromatic rings. The van der Waals surface area contributed by atoms with Gasteiger partial charge in [-0.1, -0.05) is 39.0 Å². The number of hydrogen-bond acceptors (Lipinski definition) is 6. The van der Waals surface area contributed by atoms with Gasteiger partial charge in [0.2, 0.25) is 0 Å². The second-order valence-electron chi connectivity index (χ2n) is 8.38. The van der Waals surface area contributed by atoms with E-state index >= 15 is 0 Å². The molecule has 1 atom stereocenters. The monoisotopic (exact) mass is 444 g/mol. The lowest BCUT2D eigenvalue weighted by atomic mass is 9.91. The molecule has 1 fully saturated rings. The third kappa shape index (κ3) is 5.70. The minimum Gasteiger partial charge on any atom is -0.393 e. The Morgan fingerprint density at radius 1 is 1.26 bits per heavy atom. The Morgan fingerprint density at radius 2 is 2.00 bits per heavy atom. The molecule has 0 bridgehead atoms. The molecule has 1 unspecified atom stereocenters. The van der Waals surface area contributed by atoms with Crippen molar-refractivity contribution in [1.29, 1.82) is 0 Å². The Kier molecular flexibility index (Phi) is 7.80. The summed E-state index contributed by atoms with van der Waals surface area (Å²) >= 11 is 1.48. The normalized spacial score (nSPS) is 16.4. The van der Waals surface area contributed by atoms with Crippen molar-refractivity contribution in [2.75, 3.05) is 18.2 Å². The highest BCUT2D eigenvalue weighted by molar-refractivity contribution is 7.98. The van der Waals surface area contributed by atoms with E-state index < -0.39 is 12.2 Å². The number of pyridine rings is 1. The van der Waals surface area contributed by atoms with E-state index in [0.717, 1.165) is 10.8 Å². The molecule has 0 aliphatic heterocycles. The van der Waals surface area contributed by atoms with E-state index in [-0.39, 0.29) is 5.56 Å². The predicted molar refractivity (Wildman–Crippen MR) is 127 cm³/mol. The van der Waals surface area contributed by atoms with Crippen LogP contribution < -0.4 is 10.9 Å². The number of rotatable bonds is 5.